The molecule has 3 aromatic carbocycles. The molecule has 1 N–H and O–H groups in total. The number of nitrogens with zero attached hydrogens (tertiary/aromatic N) is 3. The van der Waals surface area contributed by atoms with Gasteiger partial charge >= 0.3 is 0 Å². The van der Waals surface area contributed by atoms with Crippen molar-refractivity contribution in [3.05, 3.63) is 108 Å². The van der Waals surface area contributed by atoms with E-state index in [1.165, 1.54) is 9.08 Å². The molecule has 0 atom stereocenters. The van der Waals surface area contributed by atoms with Crippen LogP contribution in [0.2, 0.25) is 0 Å². The molecular formula is C27H22N4O4. The second-order valence-electron chi connectivity index (χ2n) is 7.81. The second kappa shape index (κ2) is 9.56. The van der Waals surface area contributed by atoms with Crippen LogP contribution in [0.25, 0.3) is 16.8 Å². The number of nitrogens with one attached hydrogen (secondary N) is 1. The molecule has 0 aliphatic rings. The number of aromatic nitrogens is 3. The van der Waals surface area contributed by atoms with Gasteiger partial charge in [-0.15, -0.1) is 0 Å². The SMILES string of the molecule is COc1ccc(-c2cc3c(=O)n(CC(=O)Nc4ccc(Oc5ccccc5)cc4)ccn3n2)cc1. The Hall–Kier alpha value is -4.85. The van der Waals surface area contributed by atoms with Gasteiger partial charge in [0.1, 0.15) is 29.3 Å². The van der Waals surface area contributed by atoms with Crippen molar-refractivity contribution in [2.24, 2.45) is 0 Å². The van der Waals surface area contributed by atoms with Crippen molar-refractivity contribution in [3.63, 3.8) is 0 Å². The maximum atomic E-state index is 13.0. The fraction of sp³-hybridized carbons (Fsp3) is 0.0741. The van der Waals surface area contributed by atoms with Crippen LogP contribution in [0.4, 0.5) is 5.69 Å². The zero-order valence-electron chi connectivity index (χ0n) is 18.9. The van der Waals surface area contributed by atoms with E-state index in [0.717, 1.165) is 17.1 Å². The maximum absolute atomic E-state index is 13.0. The van der Waals surface area contributed by atoms with E-state index in [0.29, 0.717) is 22.6 Å². The van der Waals surface area contributed by atoms with Gasteiger partial charge in [-0.1, -0.05) is 18.2 Å². The molecule has 2 aromatic heterocycles. The normalized spacial score (nSPS) is 10.8. The van der Waals surface area contributed by atoms with E-state index in [4.69, 9.17) is 9.47 Å². The minimum absolute atomic E-state index is 0.124. The summed E-state index contributed by atoms with van der Waals surface area (Å²) < 4.78 is 13.8. The van der Waals surface area contributed by atoms with E-state index >= 15 is 0 Å². The molecule has 5 rings (SSSR count). The van der Waals surface area contributed by atoms with Crippen LogP contribution in [-0.4, -0.2) is 27.2 Å². The van der Waals surface area contributed by atoms with Gasteiger partial charge in [-0.3, -0.25) is 9.59 Å². The Morgan fingerprint density at radius 3 is 2.29 bits per heavy atom. The van der Waals surface area contributed by atoms with Gasteiger partial charge in [0, 0.05) is 23.6 Å². The van der Waals surface area contributed by atoms with E-state index in [2.05, 4.69) is 10.4 Å². The average Bonchev–Trinajstić information content (AvgIpc) is 3.33. The number of rotatable bonds is 7. The summed E-state index contributed by atoms with van der Waals surface area (Å²) in [5, 5.41) is 7.29. The molecule has 35 heavy (non-hydrogen) atoms. The topological polar surface area (TPSA) is 86.9 Å². The number of carbonyl (C=O) groups is 1. The van der Waals surface area contributed by atoms with Crippen LogP contribution < -0.4 is 20.3 Å². The summed E-state index contributed by atoms with van der Waals surface area (Å²) in [6.45, 7) is -0.124. The van der Waals surface area contributed by atoms with Crippen molar-refractivity contribution in [1.82, 2.24) is 14.2 Å². The zero-order valence-corrected chi connectivity index (χ0v) is 18.9. The fourth-order valence-corrected chi connectivity index (χ4v) is 3.64. The molecule has 0 aliphatic heterocycles. The lowest BCUT2D eigenvalue weighted by atomic mass is 10.1. The van der Waals surface area contributed by atoms with Gasteiger partial charge in [0.25, 0.3) is 5.56 Å². The van der Waals surface area contributed by atoms with Crippen molar-refractivity contribution in [2.75, 3.05) is 12.4 Å². The van der Waals surface area contributed by atoms with Crippen LogP contribution in [-0.2, 0) is 11.3 Å². The van der Waals surface area contributed by atoms with E-state index < -0.39 is 0 Å². The molecule has 174 valence electrons. The number of methoxy groups -OCH3 is 1. The molecule has 8 nitrogen and oxygen atoms in total. The van der Waals surface area contributed by atoms with E-state index in [1.54, 1.807) is 49.8 Å². The van der Waals surface area contributed by atoms with Gasteiger partial charge in [0.05, 0.1) is 12.8 Å². The highest BCUT2D eigenvalue weighted by molar-refractivity contribution is 5.90. The molecule has 0 fully saturated rings. The first-order chi connectivity index (χ1) is 17.1. The highest BCUT2D eigenvalue weighted by Gasteiger charge is 2.12. The smallest absolute Gasteiger partial charge is 0.277 e. The van der Waals surface area contributed by atoms with Gasteiger partial charge in [-0.25, -0.2) is 4.52 Å². The van der Waals surface area contributed by atoms with Crippen LogP contribution in [0.15, 0.2) is 102 Å². The third-order valence-corrected chi connectivity index (χ3v) is 5.42. The van der Waals surface area contributed by atoms with Crippen molar-refractivity contribution >= 4 is 17.1 Å². The Kier molecular flexibility index (Phi) is 6.00. The molecule has 0 radical (unpaired) electrons. The van der Waals surface area contributed by atoms with Crippen molar-refractivity contribution < 1.29 is 14.3 Å². The third-order valence-electron chi connectivity index (χ3n) is 5.42. The van der Waals surface area contributed by atoms with Crippen molar-refractivity contribution in [2.45, 2.75) is 6.54 Å². The van der Waals surface area contributed by atoms with Crippen LogP contribution in [0.1, 0.15) is 0 Å². The van der Waals surface area contributed by atoms with Gasteiger partial charge in [0.15, 0.2) is 0 Å². The Bertz CT molecular complexity index is 1520. The average molecular weight is 466 g/mol. The highest BCUT2D eigenvalue weighted by atomic mass is 16.5. The first-order valence-electron chi connectivity index (χ1n) is 10.9. The Morgan fingerprint density at radius 1 is 0.886 bits per heavy atom. The molecule has 5 aromatic rings. The molecule has 8 heteroatoms. The van der Waals surface area contributed by atoms with Crippen molar-refractivity contribution in [1.29, 1.82) is 0 Å². The van der Waals surface area contributed by atoms with Gasteiger partial charge in [-0.05, 0) is 66.7 Å². The summed E-state index contributed by atoms with van der Waals surface area (Å²) in [6, 6.07) is 25.6. The minimum Gasteiger partial charge on any atom is -0.497 e. The molecule has 0 bridgehead atoms. The predicted molar refractivity (Wildman–Crippen MR) is 133 cm³/mol. The van der Waals surface area contributed by atoms with Gasteiger partial charge < -0.3 is 19.4 Å². The van der Waals surface area contributed by atoms with Gasteiger partial charge in [0.2, 0.25) is 5.91 Å². The second-order valence-corrected chi connectivity index (χ2v) is 7.81. The number of carbonyl (C=O) groups excluding carboxylic acids is 1. The van der Waals surface area contributed by atoms with Gasteiger partial charge in [-0.2, -0.15) is 5.10 Å². The first-order valence-corrected chi connectivity index (χ1v) is 10.9. The third kappa shape index (κ3) is 4.91. The van der Waals surface area contributed by atoms with Crippen LogP contribution in [0, 0.1) is 0 Å². The van der Waals surface area contributed by atoms with E-state index in [-0.39, 0.29) is 18.0 Å². The number of fused-ring (bicyclic) bond motifs is 1. The first kappa shape index (κ1) is 22.0. The molecular weight excluding hydrogens is 444 g/mol. The van der Waals surface area contributed by atoms with E-state index in [1.807, 2.05) is 54.6 Å². The number of anilines is 1. The number of para-hydroxylation sites is 1. The lowest BCUT2D eigenvalue weighted by Gasteiger charge is -2.09. The highest BCUT2D eigenvalue weighted by Crippen LogP contribution is 2.23. The van der Waals surface area contributed by atoms with E-state index in [9.17, 15) is 9.59 Å². The monoisotopic (exact) mass is 466 g/mol. The Labute approximate surface area is 201 Å². The Morgan fingerprint density at radius 2 is 1.57 bits per heavy atom. The van der Waals surface area contributed by atoms with Crippen LogP contribution in [0.3, 0.4) is 0 Å². The van der Waals surface area contributed by atoms with Crippen LogP contribution in [0.5, 0.6) is 17.2 Å². The Balaban J connectivity index is 1.27. The molecule has 0 saturated carbocycles. The number of amides is 1. The number of ether oxygens (including phenoxy) is 2. The molecule has 2 heterocycles. The predicted octanol–water partition coefficient (Wildman–Crippen LogP) is 4.60. The van der Waals surface area contributed by atoms with Crippen molar-refractivity contribution in [3.8, 4) is 28.5 Å². The number of hydrogen-bond donors (Lipinski definition) is 1. The lowest BCUT2D eigenvalue weighted by Crippen LogP contribution is -2.28. The number of benzene rings is 3. The maximum Gasteiger partial charge on any atom is 0.277 e. The lowest BCUT2D eigenvalue weighted by molar-refractivity contribution is -0.116. The summed E-state index contributed by atoms with van der Waals surface area (Å²) in [6.07, 6.45) is 3.21. The minimum atomic E-state index is -0.317. The quantitative estimate of drug-likeness (QED) is 0.379. The zero-order chi connectivity index (χ0) is 24.2. The summed E-state index contributed by atoms with van der Waals surface area (Å²) >= 11 is 0. The summed E-state index contributed by atoms with van der Waals surface area (Å²) in [4.78, 5) is 25.6. The largest absolute Gasteiger partial charge is 0.497 e. The standard InChI is InChI=1S/C27H22N4O4/c1-34-21-11-7-19(8-12-21)24-17-25-27(33)30(15-16-31(25)29-24)18-26(32)28-20-9-13-23(14-10-20)35-22-5-3-2-4-6-22/h2-17H,18H2,1H3,(H,28,32). The number of hydrogen-bond acceptors (Lipinski definition) is 5. The molecule has 0 saturated heterocycles. The molecule has 0 unspecified atom stereocenters. The molecule has 1 amide bonds. The molecule has 0 aliphatic carbocycles. The summed E-state index contributed by atoms with van der Waals surface area (Å²) in [5.41, 5.74) is 2.20. The fourth-order valence-electron chi connectivity index (χ4n) is 3.64. The molecule has 0 spiro atoms. The van der Waals surface area contributed by atoms with Crippen LogP contribution >= 0.6 is 0 Å². The summed E-state index contributed by atoms with van der Waals surface area (Å²) in [7, 11) is 1.61. The summed E-state index contributed by atoms with van der Waals surface area (Å²) in [5.74, 6) is 1.81.